The molecule has 36 heavy (non-hydrogen) atoms. The van der Waals surface area contributed by atoms with Crippen molar-refractivity contribution in [1.29, 1.82) is 0 Å². The number of hydrogen-bond acceptors (Lipinski definition) is 7. The molecule has 0 atom stereocenters. The molecule has 0 radical (unpaired) electrons. The lowest BCUT2D eigenvalue weighted by molar-refractivity contribution is -0.139. The lowest BCUT2D eigenvalue weighted by Gasteiger charge is -2.12. The Labute approximate surface area is 219 Å². The van der Waals surface area contributed by atoms with Crippen molar-refractivity contribution in [1.82, 2.24) is 10.7 Å². The standard InChI is InChI=1S/C24H28Cl2N4O6/c1-15(2)35-10-4-9-27-23(32)24(33)30-28-13-16-5-8-20(21(11-16)34-3)36-14-22(31)29-17-6-7-18(25)19(26)12-17/h5-8,11-13,15H,4,9-10,14H2,1-3H3,(H,27,32)(H,29,31)(H,30,33)/b28-13-. The molecule has 10 nitrogen and oxygen atoms in total. The van der Waals surface area contributed by atoms with Crippen LogP contribution in [0.2, 0.25) is 10.0 Å². The monoisotopic (exact) mass is 538 g/mol. The van der Waals surface area contributed by atoms with E-state index in [9.17, 15) is 14.4 Å². The second kappa shape index (κ2) is 14.9. The third kappa shape index (κ3) is 10.1. The van der Waals surface area contributed by atoms with Gasteiger partial charge in [0.25, 0.3) is 5.91 Å². The van der Waals surface area contributed by atoms with Crippen molar-refractivity contribution in [3.05, 3.63) is 52.0 Å². The van der Waals surface area contributed by atoms with Gasteiger partial charge < -0.3 is 24.8 Å². The minimum absolute atomic E-state index is 0.109. The zero-order chi connectivity index (χ0) is 26.5. The average molecular weight is 539 g/mol. The lowest BCUT2D eigenvalue weighted by atomic mass is 10.2. The first kappa shape index (κ1) is 28.9. The van der Waals surface area contributed by atoms with E-state index in [-0.39, 0.29) is 12.7 Å². The Morgan fingerprint density at radius 3 is 2.50 bits per heavy atom. The van der Waals surface area contributed by atoms with Gasteiger partial charge in [-0.2, -0.15) is 5.10 Å². The first-order chi connectivity index (χ1) is 17.2. The van der Waals surface area contributed by atoms with E-state index >= 15 is 0 Å². The van der Waals surface area contributed by atoms with Gasteiger partial charge in [-0.15, -0.1) is 0 Å². The highest BCUT2D eigenvalue weighted by Gasteiger charge is 2.12. The van der Waals surface area contributed by atoms with Gasteiger partial charge in [0, 0.05) is 18.8 Å². The summed E-state index contributed by atoms with van der Waals surface area (Å²) in [4.78, 5) is 35.8. The Hall–Kier alpha value is -3.34. The smallest absolute Gasteiger partial charge is 0.329 e. The number of hydrogen-bond donors (Lipinski definition) is 3. The van der Waals surface area contributed by atoms with Crippen LogP contribution >= 0.6 is 23.2 Å². The van der Waals surface area contributed by atoms with Crippen LogP contribution in [0.1, 0.15) is 25.8 Å². The van der Waals surface area contributed by atoms with Crippen LogP contribution in [0.3, 0.4) is 0 Å². The van der Waals surface area contributed by atoms with Gasteiger partial charge in [-0.1, -0.05) is 23.2 Å². The lowest BCUT2D eigenvalue weighted by Crippen LogP contribution is -2.38. The summed E-state index contributed by atoms with van der Waals surface area (Å²) < 4.78 is 16.2. The third-order valence-corrected chi connectivity index (χ3v) is 5.13. The Bertz CT molecular complexity index is 1090. The van der Waals surface area contributed by atoms with Gasteiger partial charge in [0.2, 0.25) is 0 Å². The average Bonchev–Trinajstić information content (AvgIpc) is 2.84. The van der Waals surface area contributed by atoms with E-state index in [0.29, 0.717) is 52.4 Å². The van der Waals surface area contributed by atoms with E-state index in [4.69, 9.17) is 37.4 Å². The number of ether oxygens (including phenoxy) is 3. The van der Waals surface area contributed by atoms with E-state index in [0.717, 1.165) is 0 Å². The van der Waals surface area contributed by atoms with Crippen LogP contribution in [0, 0.1) is 0 Å². The summed E-state index contributed by atoms with van der Waals surface area (Å²) >= 11 is 11.8. The zero-order valence-electron chi connectivity index (χ0n) is 20.1. The largest absolute Gasteiger partial charge is 0.493 e. The van der Waals surface area contributed by atoms with Gasteiger partial charge >= 0.3 is 11.8 Å². The number of amides is 3. The van der Waals surface area contributed by atoms with Crippen LogP contribution in [-0.2, 0) is 19.1 Å². The number of carbonyl (C=O) groups excluding carboxylic acids is 3. The molecule has 12 heteroatoms. The summed E-state index contributed by atoms with van der Waals surface area (Å²) in [5, 5.41) is 9.62. The molecular formula is C24H28Cl2N4O6. The van der Waals surface area contributed by atoms with Crippen LogP contribution in [-0.4, -0.2) is 56.9 Å². The van der Waals surface area contributed by atoms with Crippen molar-refractivity contribution in [2.24, 2.45) is 5.10 Å². The normalized spacial score (nSPS) is 10.8. The fourth-order valence-corrected chi connectivity index (χ4v) is 2.99. The van der Waals surface area contributed by atoms with Gasteiger partial charge in [0.05, 0.1) is 29.5 Å². The zero-order valence-corrected chi connectivity index (χ0v) is 21.6. The molecule has 0 bridgehead atoms. The second-order valence-corrected chi connectivity index (χ2v) is 8.42. The van der Waals surface area contributed by atoms with Gasteiger partial charge in [-0.05, 0) is 62.2 Å². The van der Waals surface area contributed by atoms with Gasteiger partial charge in [0.15, 0.2) is 18.1 Å². The number of benzene rings is 2. The predicted molar refractivity (Wildman–Crippen MR) is 138 cm³/mol. The van der Waals surface area contributed by atoms with E-state index in [1.165, 1.54) is 19.4 Å². The molecule has 2 aromatic rings. The van der Waals surface area contributed by atoms with Gasteiger partial charge in [-0.3, -0.25) is 14.4 Å². The molecule has 0 spiro atoms. The molecule has 0 aliphatic rings. The summed E-state index contributed by atoms with van der Waals surface area (Å²) in [7, 11) is 1.44. The van der Waals surface area contributed by atoms with Gasteiger partial charge in [-0.25, -0.2) is 5.43 Å². The number of rotatable bonds is 12. The Balaban J connectivity index is 1.82. The highest BCUT2D eigenvalue weighted by molar-refractivity contribution is 6.42. The molecule has 0 saturated heterocycles. The van der Waals surface area contributed by atoms with E-state index < -0.39 is 17.7 Å². The summed E-state index contributed by atoms with van der Waals surface area (Å²) in [5.74, 6) is -1.43. The van der Waals surface area contributed by atoms with Crippen LogP contribution in [0.5, 0.6) is 11.5 Å². The number of nitrogens with one attached hydrogen (secondary N) is 3. The third-order valence-electron chi connectivity index (χ3n) is 4.39. The number of carbonyl (C=O) groups is 3. The molecule has 0 unspecified atom stereocenters. The summed E-state index contributed by atoms with van der Waals surface area (Å²) in [6, 6.07) is 9.53. The fourth-order valence-electron chi connectivity index (χ4n) is 2.69. The van der Waals surface area contributed by atoms with Crippen LogP contribution in [0.15, 0.2) is 41.5 Å². The minimum atomic E-state index is -0.893. The maximum absolute atomic E-state index is 12.2. The molecule has 2 aromatic carbocycles. The van der Waals surface area contributed by atoms with Crippen molar-refractivity contribution >= 4 is 52.8 Å². The van der Waals surface area contributed by atoms with Crippen LogP contribution < -0.4 is 25.5 Å². The van der Waals surface area contributed by atoms with Gasteiger partial charge in [0.1, 0.15) is 0 Å². The van der Waals surface area contributed by atoms with Crippen molar-refractivity contribution in [2.45, 2.75) is 26.4 Å². The highest BCUT2D eigenvalue weighted by atomic mass is 35.5. The molecule has 3 N–H and O–H groups in total. The maximum atomic E-state index is 12.2. The van der Waals surface area contributed by atoms with Crippen LogP contribution in [0.4, 0.5) is 5.69 Å². The molecule has 2 rings (SSSR count). The SMILES string of the molecule is COc1cc(/C=N\NC(=O)C(=O)NCCCOC(C)C)ccc1OCC(=O)Nc1ccc(Cl)c(Cl)c1. The molecule has 0 fully saturated rings. The van der Waals surface area contributed by atoms with Crippen molar-refractivity contribution in [3.8, 4) is 11.5 Å². The predicted octanol–water partition coefficient (Wildman–Crippen LogP) is 3.40. The quantitative estimate of drug-likeness (QED) is 0.164. The number of nitrogens with zero attached hydrogens (tertiary/aromatic N) is 1. The summed E-state index contributed by atoms with van der Waals surface area (Å²) in [6.45, 7) is 4.35. The molecule has 0 aromatic heterocycles. The van der Waals surface area contributed by atoms with Crippen molar-refractivity contribution in [3.63, 3.8) is 0 Å². The number of hydrazone groups is 1. The number of anilines is 1. The highest BCUT2D eigenvalue weighted by Crippen LogP contribution is 2.28. The van der Waals surface area contributed by atoms with E-state index in [1.54, 1.807) is 30.3 Å². The Morgan fingerprint density at radius 1 is 1.03 bits per heavy atom. The minimum Gasteiger partial charge on any atom is -0.493 e. The van der Waals surface area contributed by atoms with E-state index in [1.807, 2.05) is 13.8 Å². The topological polar surface area (TPSA) is 127 Å². The molecule has 194 valence electrons. The Morgan fingerprint density at radius 2 is 1.81 bits per heavy atom. The van der Waals surface area contributed by atoms with E-state index in [2.05, 4.69) is 21.2 Å². The molecule has 0 saturated carbocycles. The first-order valence-electron chi connectivity index (χ1n) is 11.0. The summed E-state index contributed by atoms with van der Waals surface area (Å²) in [6.07, 6.45) is 2.04. The van der Waals surface area contributed by atoms with Crippen molar-refractivity contribution in [2.75, 3.05) is 32.2 Å². The molecular weight excluding hydrogens is 511 g/mol. The van der Waals surface area contributed by atoms with Crippen molar-refractivity contribution < 1.29 is 28.6 Å². The van der Waals surface area contributed by atoms with Crippen LogP contribution in [0.25, 0.3) is 0 Å². The number of methoxy groups -OCH3 is 1. The summed E-state index contributed by atoms with van der Waals surface area (Å²) in [5.41, 5.74) is 3.20. The number of halogens is 2. The first-order valence-corrected chi connectivity index (χ1v) is 11.7. The molecule has 0 aliphatic heterocycles. The second-order valence-electron chi connectivity index (χ2n) is 7.60. The maximum Gasteiger partial charge on any atom is 0.329 e. The molecule has 0 heterocycles. The Kier molecular flexibility index (Phi) is 12.0. The molecule has 0 aliphatic carbocycles. The fraction of sp³-hybridized carbons (Fsp3) is 0.333. The molecule has 3 amide bonds.